The average molecular weight is 582 g/mol. The van der Waals surface area contributed by atoms with Crippen molar-refractivity contribution in [3.05, 3.63) is 136 Å². The van der Waals surface area contributed by atoms with Crippen molar-refractivity contribution < 1.29 is 9.90 Å². The molecular weight excluding hydrogens is 557 g/mol. The monoisotopic (exact) mass is 581 g/mol. The highest BCUT2D eigenvalue weighted by atomic mass is 35.5. The van der Waals surface area contributed by atoms with Gasteiger partial charge in [-0.2, -0.15) is 0 Å². The Balaban J connectivity index is 1.56. The first-order valence-electron chi connectivity index (χ1n) is 12.8. The molecule has 0 aliphatic heterocycles. The van der Waals surface area contributed by atoms with Crippen LogP contribution in [0.4, 0.5) is 5.82 Å². The van der Waals surface area contributed by atoms with E-state index in [4.69, 9.17) is 28.2 Å². The summed E-state index contributed by atoms with van der Waals surface area (Å²) in [6.07, 6.45) is 5.11. The smallest absolute Gasteiger partial charge is 0.273 e. The molecule has 0 bridgehead atoms. The van der Waals surface area contributed by atoms with Crippen LogP contribution in [0.2, 0.25) is 10.0 Å². The van der Waals surface area contributed by atoms with Crippen molar-refractivity contribution in [2.24, 2.45) is 14.1 Å². The van der Waals surface area contributed by atoms with Gasteiger partial charge in [-0.25, -0.2) is 9.97 Å². The molecule has 3 heterocycles. The van der Waals surface area contributed by atoms with Crippen molar-refractivity contribution >= 4 is 45.8 Å². The maximum atomic E-state index is 13.0. The van der Waals surface area contributed by atoms with Gasteiger partial charge in [0.2, 0.25) is 0 Å². The summed E-state index contributed by atoms with van der Waals surface area (Å²) in [7, 11) is 3.65. The molecule has 0 fully saturated rings. The van der Waals surface area contributed by atoms with Crippen LogP contribution in [-0.2, 0) is 19.7 Å². The van der Waals surface area contributed by atoms with Gasteiger partial charge in [-0.3, -0.25) is 4.79 Å². The average Bonchev–Trinajstić information content (AvgIpc) is 3.60. The normalized spacial score (nSPS) is 12.8. The molecule has 6 aromatic rings. The molecule has 0 aliphatic carbocycles. The first-order chi connectivity index (χ1) is 19.7. The third-order valence-electron chi connectivity index (χ3n) is 7.23. The number of nitrogens with one attached hydrogen (secondary N) is 1. The van der Waals surface area contributed by atoms with Gasteiger partial charge in [0, 0.05) is 35.7 Å². The molecular formula is C32H25Cl2N5O2. The lowest BCUT2D eigenvalue weighted by atomic mass is 9.82. The highest BCUT2D eigenvalue weighted by Gasteiger charge is 2.37. The molecule has 41 heavy (non-hydrogen) atoms. The third kappa shape index (κ3) is 4.89. The zero-order valence-corrected chi connectivity index (χ0v) is 23.7. The fourth-order valence-electron chi connectivity index (χ4n) is 5.15. The summed E-state index contributed by atoms with van der Waals surface area (Å²) in [4.78, 5) is 22.0. The fourth-order valence-corrected chi connectivity index (χ4v) is 5.46. The number of halogens is 2. The number of anilines is 1. The molecule has 2 N–H and O–H groups in total. The van der Waals surface area contributed by atoms with Gasteiger partial charge in [0.05, 0.1) is 23.7 Å². The van der Waals surface area contributed by atoms with Gasteiger partial charge in [-0.05, 0) is 76.9 Å². The Morgan fingerprint density at radius 1 is 0.878 bits per heavy atom. The minimum absolute atomic E-state index is 0.272. The number of amides is 1. The highest BCUT2D eigenvalue weighted by Crippen LogP contribution is 2.40. The number of aryl methyl sites for hydroxylation is 2. The predicted molar refractivity (Wildman–Crippen MR) is 162 cm³/mol. The quantitative estimate of drug-likeness (QED) is 0.226. The summed E-state index contributed by atoms with van der Waals surface area (Å²) in [6, 6.07) is 25.6. The van der Waals surface area contributed by atoms with E-state index >= 15 is 0 Å². The summed E-state index contributed by atoms with van der Waals surface area (Å²) in [5.74, 6) is 0.123. The van der Waals surface area contributed by atoms with Crippen LogP contribution in [-0.4, -0.2) is 30.1 Å². The van der Waals surface area contributed by atoms with E-state index in [1.807, 2.05) is 68.8 Å². The number of imidazole rings is 1. The zero-order chi connectivity index (χ0) is 28.7. The molecule has 1 atom stereocenters. The topological polar surface area (TPSA) is 85.0 Å². The molecule has 0 spiro atoms. The van der Waals surface area contributed by atoms with Gasteiger partial charge >= 0.3 is 0 Å². The van der Waals surface area contributed by atoms with Crippen LogP contribution in [0.25, 0.3) is 22.0 Å². The number of aliphatic hydroxyl groups is 1. The van der Waals surface area contributed by atoms with E-state index < -0.39 is 5.60 Å². The lowest BCUT2D eigenvalue weighted by Crippen LogP contribution is -2.31. The minimum atomic E-state index is -1.55. The standard InChI is InChI=1S/C32H25Cl2N5O2/c1-38-14-4-7-28(38)31(40)37-30-17-25(20-5-3-6-24(34)15-20)26-16-22(10-13-27(26)36-30)32(41,29-18-35-19-39(29)2)21-8-11-23(33)12-9-21/h3-19,41H,1-2H3,(H,36,37,40). The van der Waals surface area contributed by atoms with Crippen LogP contribution in [0.1, 0.15) is 27.3 Å². The molecule has 1 amide bonds. The number of carbonyl (C=O) groups is 1. The van der Waals surface area contributed by atoms with Gasteiger partial charge in [0.15, 0.2) is 5.60 Å². The van der Waals surface area contributed by atoms with Gasteiger partial charge < -0.3 is 19.6 Å². The van der Waals surface area contributed by atoms with Crippen LogP contribution in [0.3, 0.4) is 0 Å². The second kappa shape index (κ2) is 10.5. The fraction of sp³-hybridized carbons (Fsp3) is 0.0938. The molecule has 9 heteroatoms. The van der Waals surface area contributed by atoms with Crippen molar-refractivity contribution in [3.63, 3.8) is 0 Å². The molecule has 0 saturated carbocycles. The van der Waals surface area contributed by atoms with Gasteiger partial charge in [0.1, 0.15) is 11.5 Å². The van der Waals surface area contributed by atoms with E-state index in [9.17, 15) is 9.90 Å². The molecule has 0 radical (unpaired) electrons. The largest absolute Gasteiger partial charge is 0.374 e. The maximum Gasteiger partial charge on any atom is 0.273 e. The van der Waals surface area contributed by atoms with E-state index in [2.05, 4.69) is 10.3 Å². The van der Waals surface area contributed by atoms with Gasteiger partial charge in [-0.15, -0.1) is 0 Å². The van der Waals surface area contributed by atoms with Crippen molar-refractivity contribution in [3.8, 4) is 11.1 Å². The minimum Gasteiger partial charge on any atom is -0.374 e. The number of aromatic nitrogens is 4. The van der Waals surface area contributed by atoms with Gasteiger partial charge in [-0.1, -0.05) is 53.5 Å². The number of rotatable bonds is 6. The lowest BCUT2D eigenvalue weighted by molar-refractivity contribution is 0.101. The number of fused-ring (bicyclic) bond motifs is 1. The maximum absolute atomic E-state index is 13.0. The molecule has 6 rings (SSSR count). The number of carbonyl (C=O) groups excluding carboxylic acids is 1. The molecule has 0 saturated heterocycles. The second-order valence-corrected chi connectivity index (χ2v) is 10.7. The van der Waals surface area contributed by atoms with Crippen LogP contribution in [0, 0.1) is 0 Å². The van der Waals surface area contributed by atoms with Crippen molar-refractivity contribution in [1.29, 1.82) is 0 Å². The van der Waals surface area contributed by atoms with Crippen molar-refractivity contribution in [2.75, 3.05) is 5.32 Å². The Morgan fingerprint density at radius 2 is 1.66 bits per heavy atom. The van der Waals surface area contributed by atoms with Crippen molar-refractivity contribution in [1.82, 2.24) is 19.1 Å². The second-order valence-electron chi connectivity index (χ2n) is 9.86. The first-order valence-corrected chi connectivity index (χ1v) is 13.6. The summed E-state index contributed by atoms with van der Waals surface area (Å²) < 4.78 is 3.54. The molecule has 1 unspecified atom stereocenters. The summed E-state index contributed by atoms with van der Waals surface area (Å²) in [5, 5.41) is 17.3. The van der Waals surface area contributed by atoms with Gasteiger partial charge in [0.25, 0.3) is 5.91 Å². The summed E-state index contributed by atoms with van der Waals surface area (Å²) >= 11 is 12.6. The van der Waals surface area contributed by atoms with Crippen molar-refractivity contribution in [2.45, 2.75) is 5.60 Å². The Bertz CT molecular complexity index is 1910. The van der Waals surface area contributed by atoms with E-state index in [1.54, 1.807) is 58.1 Å². The number of nitrogens with zero attached hydrogens (tertiary/aromatic N) is 4. The van der Waals surface area contributed by atoms with Crippen LogP contribution >= 0.6 is 23.2 Å². The molecule has 204 valence electrons. The molecule has 3 aromatic heterocycles. The lowest BCUT2D eigenvalue weighted by Gasteiger charge is -2.30. The SMILES string of the molecule is Cn1cccc1C(=O)Nc1cc(-c2cccc(Cl)c2)c2cc(C(O)(c3ccc(Cl)cc3)c3cncn3C)ccc2n1. The number of pyridine rings is 1. The van der Waals surface area contributed by atoms with E-state index in [0.717, 1.165) is 16.5 Å². The van der Waals surface area contributed by atoms with Crippen LogP contribution < -0.4 is 5.32 Å². The first kappa shape index (κ1) is 26.8. The summed E-state index contributed by atoms with van der Waals surface area (Å²) in [5.41, 5.74) is 3.07. The number of benzene rings is 3. The molecule has 0 aliphatic rings. The zero-order valence-electron chi connectivity index (χ0n) is 22.2. The predicted octanol–water partition coefficient (Wildman–Crippen LogP) is 6.82. The summed E-state index contributed by atoms with van der Waals surface area (Å²) in [6.45, 7) is 0. The van der Waals surface area contributed by atoms with E-state index in [1.165, 1.54) is 0 Å². The van der Waals surface area contributed by atoms with Crippen LogP contribution in [0.15, 0.2) is 104 Å². The van der Waals surface area contributed by atoms with E-state index in [-0.39, 0.29) is 5.91 Å². The van der Waals surface area contributed by atoms with E-state index in [0.29, 0.717) is 43.9 Å². The highest BCUT2D eigenvalue weighted by molar-refractivity contribution is 6.31. The number of hydrogen-bond donors (Lipinski definition) is 2. The number of hydrogen-bond acceptors (Lipinski definition) is 4. The third-order valence-corrected chi connectivity index (χ3v) is 7.72. The molecule has 7 nitrogen and oxygen atoms in total. The Morgan fingerprint density at radius 3 is 2.34 bits per heavy atom. The Hall–Kier alpha value is -4.43. The van der Waals surface area contributed by atoms with Crippen LogP contribution in [0.5, 0.6) is 0 Å². The molecule has 3 aromatic carbocycles. The Labute approximate surface area is 246 Å². The Kier molecular flexibility index (Phi) is 6.87.